The zero-order valence-electron chi connectivity index (χ0n) is 10.8. The zero-order chi connectivity index (χ0) is 16.0. The van der Waals surface area contributed by atoms with E-state index in [4.69, 9.17) is 21.1 Å². The van der Waals surface area contributed by atoms with Gasteiger partial charge in [-0.3, -0.25) is 10.1 Å². The lowest BCUT2D eigenvalue weighted by Gasteiger charge is -2.13. The summed E-state index contributed by atoms with van der Waals surface area (Å²) >= 11 is 5.58. The first-order chi connectivity index (χ1) is 9.78. The minimum absolute atomic E-state index is 0.104. The van der Waals surface area contributed by atoms with Crippen LogP contribution in [-0.4, -0.2) is 31.6 Å². The second-order valence-electron chi connectivity index (χ2n) is 3.75. The van der Waals surface area contributed by atoms with E-state index in [1.807, 2.05) is 0 Å². The molecule has 1 aromatic carbocycles. The number of halogens is 4. The number of hydrogen-bond acceptors (Lipinski definition) is 5. The SMILES string of the molecule is COc1cc(CCl)c([N+](=O)[O-])cc1OCOCC(F)(F)F. The Labute approximate surface area is 122 Å². The number of alkyl halides is 4. The van der Waals surface area contributed by atoms with Gasteiger partial charge in [0.15, 0.2) is 18.3 Å². The first-order valence-corrected chi connectivity index (χ1v) is 6.00. The fourth-order valence-corrected chi connectivity index (χ4v) is 1.62. The van der Waals surface area contributed by atoms with Crippen molar-refractivity contribution in [1.82, 2.24) is 0 Å². The molecule has 21 heavy (non-hydrogen) atoms. The number of hydrogen-bond donors (Lipinski definition) is 0. The average Bonchev–Trinajstić information content (AvgIpc) is 2.41. The molecular formula is C11H11ClF3NO5. The van der Waals surface area contributed by atoms with Crippen molar-refractivity contribution >= 4 is 17.3 Å². The maximum absolute atomic E-state index is 11.9. The van der Waals surface area contributed by atoms with Crippen LogP contribution in [-0.2, 0) is 10.6 Å². The summed E-state index contributed by atoms with van der Waals surface area (Å²) in [4.78, 5) is 10.2. The summed E-state index contributed by atoms with van der Waals surface area (Å²) in [5, 5.41) is 10.9. The van der Waals surface area contributed by atoms with Crippen LogP contribution < -0.4 is 9.47 Å². The van der Waals surface area contributed by atoms with Gasteiger partial charge >= 0.3 is 6.18 Å². The second-order valence-corrected chi connectivity index (χ2v) is 4.02. The molecule has 0 aliphatic carbocycles. The maximum atomic E-state index is 11.9. The number of methoxy groups -OCH3 is 1. The van der Waals surface area contributed by atoms with Gasteiger partial charge in [0.05, 0.1) is 24.0 Å². The van der Waals surface area contributed by atoms with Crippen LogP contribution >= 0.6 is 11.6 Å². The van der Waals surface area contributed by atoms with Gasteiger partial charge in [-0.05, 0) is 6.07 Å². The minimum Gasteiger partial charge on any atom is -0.493 e. The third kappa shape index (κ3) is 5.27. The Bertz CT molecular complexity index is 509. The van der Waals surface area contributed by atoms with Gasteiger partial charge in [0.25, 0.3) is 5.69 Å². The lowest BCUT2D eigenvalue weighted by molar-refractivity contribution is -0.385. The fourth-order valence-electron chi connectivity index (χ4n) is 1.40. The fraction of sp³-hybridized carbons (Fsp3) is 0.455. The zero-order valence-corrected chi connectivity index (χ0v) is 11.5. The Balaban J connectivity index is 2.85. The number of rotatable bonds is 7. The van der Waals surface area contributed by atoms with E-state index in [2.05, 4.69) is 4.74 Å². The topological polar surface area (TPSA) is 70.8 Å². The number of nitrogens with zero attached hydrogens (tertiary/aromatic N) is 1. The molecule has 0 spiro atoms. The van der Waals surface area contributed by atoms with Crippen molar-refractivity contribution in [2.45, 2.75) is 12.1 Å². The van der Waals surface area contributed by atoms with Crippen LogP contribution in [0.4, 0.5) is 18.9 Å². The van der Waals surface area contributed by atoms with E-state index < -0.39 is 24.5 Å². The maximum Gasteiger partial charge on any atom is 0.411 e. The summed E-state index contributed by atoms with van der Waals surface area (Å²) in [5.41, 5.74) is -0.126. The number of benzene rings is 1. The monoisotopic (exact) mass is 329 g/mol. The largest absolute Gasteiger partial charge is 0.493 e. The van der Waals surface area contributed by atoms with E-state index in [-0.39, 0.29) is 28.6 Å². The van der Waals surface area contributed by atoms with Crippen LogP contribution in [0.1, 0.15) is 5.56 Å². The van der Waals surface area contributed by atoms with Crippen molar-refractivity contribution in [3.63, 3.8) is 0 Å². The smallest absolute Gasteiger partial charge is 0.411 e. The molecule has 0 radical (unpaired) electrons. The summed E-state index contributed by atoms with van der Waals surface area (Å²) < 4.78 is 49.8. The molecule has 1 rings (SSSR count). The molecule has 0 atom stereocenters. The number of nitro benzene ring substituents is 1. The van der Waals surface area contributed by atoms with Crippen LogP contribution in [0.15, 0.2) is 12.1 Å². The van der Waals surface area contributed by atoms with Crippen LogP contribution in [0.2, 0.25) is 0 Å². The molecule has 0 aliphatic heterocycles. The molecule has 0 heterocycles. The predicted molar refractivity (Wildman–Crippen MR) is 66.7 cm³/mol. The summed E-state index contributed by atoms with van der Waals surface area (Å²) in [7, 11) is 1.28. The van der Waals surface area contributed by atoms with Gasteiger partial charge < -0.3 is 14.2 Å². The van der Waals surface area contributed by atoms with Gasteiger partial charge in [-0.2, -0.15) is 13.2 Å². The lowest BCUT2D eigenvalue weighted by atomic mass is 10.2. The van der Waals surface area contributed by atoms with E-state index in [9.17, 15) is 23.3 Å². The molecular weight excluding hydrogens is 319 g/mol. The van der Waals surface area contributed by atoms with E-state index >= 15 is 0 Å². The Kier molecular flexibility index (Phi) is 6.03. The standard InChI is InChI=1S/C11H11ClF3NO5/c1-19-9-2-7(4-12)8(16(17)18)3-10(9)21-6-20-5-11(13,14)15/h2-3H,4-6H2,1H3. The van der Waals surface area contributed by atoms with E-state index in [0.717, 1.165) is 6.07 Å². The van der Waals surface area contributed by atoms with Crippen molar-refractivity contribution in [3.05, 3.63) is 27.8 Å². The molecule has 0 fully saturated rings. The molecule has 6 nitrogen and oxygen atoms in total. The highest BCUT2D eigenvalue weighted by Gasteiger charge is 2.27. The molecule has 1 aromatic rings. The summed E-state index contributed by atoms with van der Waals surface area (Å²) in [5.74, 6) is -0.135. The van der Waals surface area contributed by atoms with Gasteiger partial charge in [-0.1, -0.05) is 0 Å². The van der Waals surface area contributed by atoms with Crippen LogP contribution in [0.3, 0.4) is 0 Å². The Morgan fingerprint density at radius 3 is 2.48 bits per heavy atom. The Morgan fingerprint density at radius 2 is 2.00 bits per heavy atom. The molecule has 0 N–H and O–H groups in total. The van der Waals surface area contributed by atoms with E-state index in [1.165, 1.54) is 13.2 Å². The van der Waals surface area contributed by atoms with Crippen molar-refractivity contribution in [2.75, 3.05) is 20.5 Å². The molecule has 0 unspecified atom stereocenters. The van der Waals surface area contributed by atoms with Gasteiger partial charge in [-0.25, -0.2) is 0 Å². The van der Waals surface area contributed by atoms with Crippen molar-refractivity contribution in [2.24, 2.45) is 0 Å². The summed E-state index contributed by atoms with van der Waals surface area (Å²) in [6.07, 6.45) is -4.48. The predicted octanol–water partition coefficient (Wildman–Crippen LogP) is 3.26. The highest BCUT2D eigenvalue weighted by atomic mass is 35.5. The first kappa shape index (κ1) is 17.3. The highest BCUT2D eigenvalue weighted by Crippen LogP contribution is 2.35. The van der Waals surface area contributed by atoms with Gasteiger partial charge in [0.2, 0.25) is 0 Å². The molecule has 0 amide bonds. The molecule has 0 aromatic heterocycles. The molecule has 118 valence electrons. The molecule has 0 aliphatic rings. The van der Waals surface area contributed by atoms with Crippen molar-refractivity contribution in [1.29, 1.82) is 0 Å². The van der Waals surface area contributed by atoms with Crippen LogP contribution in [0, 0.1) is 10.1 Å². The molecule has 10 heteroatoms. The van der Waals surface area contributed by atoms with Crippen molar-refractivity contribution in [3.8, 4) is 11.5 Å². The number of nitro groups is 1. The van der Waals surface area contributed by atoms with E-state index in [1.54, 1.807) is 0 Å². The van der Waals surface area contributed by atoms with E-state index in [0.29, 0.717) is 0 Å². The summed E-state index contributed by atoms with van der Waals surface area (Å²) in [6.45, 7) is -2.22. The van der Waals surface area contributed by atoms with Gasteiger partial charge in [0, 0.05) is 5.56 Å². The van der Waals surface area contributed by atoms with Gasteiger partial charge in [-0.15, -0.1) is 11.6 Å². The van der Waals surface area contributed by atoms with Crippen molar-refractivity contribution < 1.29 is 32.3 Å². The molecule has 0 bridgehead atoms. The lowest BCUT2D eigenvalue weighted by Crippen LogP contribution is -2.19. The normalized spacial score (nSPS) is 11.3. The highest BCUT2D eigenvalue weighted by molar-refractivity contribution is 6.17. The minimum atomic E-state index is -4.48. The Morgan fingerprint density at radius 1 is 1.33 bits per heavy atom. The Hall–Kier alpha value is -1.74. The number of ether oxygens (including phenoxy) is 3. The van der Waals surface area contributed by atoms with Crippen LogP contribution in [0.25, 0.3) is 0 Å². The first-order valence-electron chi connectivity index (χ1n) is 5.47. The second kappa shape index (κ2) is 7.32. The molecule has 0 saturated heterocycles. The molecule has 0 saturated carbocycles. The summed E-state index contributed by atoms with van der Waals surface area (Å²) in [6, 6.07) is 2.30. The van der Waals surface area contributed by atoms with Crippen LogP contribution in [0.5, 0.6) is 11.5 Å². The van der Waals surface area contributed by atoms with Gasteiger partial charge in [0.1, 0.15) is 6.61 Å². The quantitative estimate of drug-likeness (QED) is 0.252. The third-order valence-electron chi connectivity index (χ3n) is 2.27. The average molecular weight is 330 g/mol. The third-order valence-corrected chi connectivity index (χ3v) is 2.56.